The fourth-order valence-corrected chi connectivity index (χ4v) is 1.10. The Hall–Kier alpha value is -1.76. The highest BCUT2D eigenvalue weighted by molar-refractivity contribution is 5.71. The van der Waals surface area contributed by atoms with Crippen molar-refractivity contribution in [3.05, 3.63) is 29.6 Å². The topological polar surface area (TPSA) is 47.6 Å². The zero-order valence-electron chi connectivity index (χ0n) is 9.63. The minimum Gasteiger partial charge on any atom is -0.490 e. The Balaban J connectivity index is 2.33. The summed E-state index contributed by atoms with van der Waals surface area (Å²) in [7, 11) is 0. The molecule has 0 aliphatic heterocycles. The number of nitrogens with one attached hydrogen (secondary N) is 1. The summed E-state index contributed by atoms with van der Waals surface area (Å²) in [4.78, 5) is 15.1. The Kier molecular flexibility index (Phi) is 5.44. The predicted octanol–water partition coefficient (Wildman–Crippen LogP) is 1.94. The van der Waals surface area contributed by atoms with Crippen LogP contribution in [0.2, 0.25) is 0 Å². The number of ether oxygens (including phenoxy) is 1. The maximum Gasteiger partial charge on any atom is 0.240 e. The minimum absolute atomic E-state index is 0.000597. The molecule has 0 unspecified atom stereocenters. The standard InChI is InChI=1S/C11H12F3NO3/c1-7(16)15-18-4-2-3-17-10-6-8(12)5-9(13)11(10)14/h5-6H,2-4H2,1H3,(H,15,16). The Morgan fingerprint density at radius 3 is 2.67 bits per heavy atom. The van der Waals surface area contributed by atoms with Gasteiger partial charge in [0.15, 0.2) is 11.6 Å². The van der Waals surface area contributed by atoms with Gasteiger partial charge in [-0.3, -0.25) is 9.63 Å². The van der Waals surface area contributed by atoms with Crippen molar-refractivity contribution in [1.29, 1.82) is 0 Å². The number of amides is 1. The normalized spacial score (nSPS) is 10.2. The van der Waals surface area contributed by atoms with Crippen LogP contribution in [0.25, 0.3) is 0 Å². The van der Waals surface area contributed by atoms with Gasteiger partial charge in [0.1, 0.15) is 5.82 Å². The molecule has 0 saturated heterocycles. The van der Waals surface area contributed by atoms with Crippen molar-refractivity contribution in [3.63, 3.8) is 0 Å². The van der Waals surface area contributed by atoms with Gasteiger partial charge >= 0.3 is 0 Å². The molecule has 0 heterocycles. The van der Waals surface area contributed by atoms with Gasteiger partial charge in [-0.25, -0.2) is 14.3 Å². The molecule has 0 saturated carbocycles. The SMILES string of the molecule is CC(=O)NOCCCOc1cc(F)cc(F)c1F. The zero-order valence-corrected chi connectivity index (χ0v) is 9.63. The van der Waals surface area contributed by atoms with Crippen LogP contribution in [-0.4, -0.2) is 19.1 Å². The molecule has 0 bridgehead atoms. The molecule has 1 rings (SSSR count). The first-order valence-corrected chi connectivity index (χ1v) is 5.16. The smallest absolute Gasteiger partial charge is 0.240 e. The summed E-state index contributed by atoms with van der Waals surface area (Å²) in [6.45, 7) is 1.42. The van der Waals surface area contributed by atoms with Gasteiger partial charge in [0, 0.05) is 25.5 Å². The highest BCUT2D eigenvalue weighted by atomic mass is 19.2. The van der Waals surface area contributed by atoms with Gasteiger partial charge in [0.25, 0.3) is 0 Å². The molecule has 1 amide bonds. The van der Waals surface area contributed by atoms with E-state index in [9.17, 15) is 18.0 Å². The average Bonchev–Trinajstić information content (AvgIpc) is 2.29. The molecule has 0 aliphatic carbocycles. The van der Waals surface area contributed by atoms with Crippen LogP contribution in [-0.2, 0) is 9.63 Å². The molecular weight excluding hydrogens is 251 g/mol. The van der Waals surface area contributed by atoms with Crippen LogP contribution in [0.5, 0.6) is 5.75 Å². The Morgan fingerprint density at radius 2 is 2.00 bits per heavy atom. The first-order chi connectivity index (χ1) is 8.50. The Morgan fingerprint density at radius 1 is 1.28 bits per heavy atom. The number of carbonyl (C=O) groups excluding carboxylic acids is 1. The van der Waals surface area contributed by atoms with Crippen molar-refractivity contribution >= 4 is 5.91 Å². The summed E-state index contributed by atoms with van der Waals surface area (Å²) in [6.07, 6.45) is 0.317. The van der Waals surface area contributed by atoms with E-state index in [4.69, 9.17) is 4.74 Å². The van der Waals surface area contributed by atoms with E-state index >= 15 is 0 Å². The van der Waals surface area contributed by atoms with E-state index in [1.54, 1.807) is 0 Å². The van der Waals surface area contributed by atoms with E-state index < -0.39 is 23.2 Å². The summed E-state index contributed by atoms with van der Waals surface area (Å²) in [5.41, 5.74) is 2.09. The lowest BCUT2D eigenvalue weighted by atomic mass is 10.3. The number of hydroxylamine groups is 1. The number of hydrogen-bond donors (Lipinski definition) is 1. The van der Waals surface area contributed by atoms with Crippen molar-refractivity contribution in [2.24, 2.45) is 0 Å². The summed E-state index contributed by atoms with van der Waals surface area (Å²) in [6, 6.07) is 1.19. The zero-order chi connectivity index (χ0) is 13.5. The summed E-state index contributed by atoms with van der Waals surface area (Å²) >= 11 is 0. The molecule has 0 radical (unpaired) electrons. The summed E-state index contributed by atoms with van der Waals surface area (Å²) < 4.78 is 43.5. The van der Waals surface area contributed by atoms with Gasteiger partial charge in [-0.15, -0.1) is 0 Å². The second-order valence-electron chi connectivity index (χ2n) is 3.41. The van der Waals surface area contributed by atoms with Gasteiger partial charge in [-0.1, -0.05) is 0 Å². The van der Waals surface area contributed by atoms with E-state index in [0.717, 1.165) is 6.07 Å². The van der Waals surface area contributed by atoms with E-state index in [1.165, 1.54) is 6.92 Å². The van der Waals surface area contributed by atoms with Crippen LogP contribution in [0.15, 0.2) is 12.1 Å². The second kappa shape index (κ2) is 6.85. The largest absolute Gasteiger partial charge is 0.490 e. The molecule has 7 heteroatoms. The highest BCUT2D eigenvalue weighted by Crippen LogP contribution is 2.21. The quantitative estimate of drug-likeness (QED) is 0.484. The maximum absolute atomic E-state index is 13.1. The molecule has 1 aromatic carbocycles. The fraction of sp³-hybridized carbons (Fsp3) is 0.364. The molecule has 0 aliphatic rings. The molecule has 1 N–H and O–H groups in total. The van der Waals surface area contributed by atoms with Gasteiger partial charge in [0.05, 0.1) is 13.2 Å². The number of rotatable bonds is 6. The lowest BCUT2D eigenvalue weighted by molar-refractivity contribution is -0.131. The van der Waals surface area contributed by atoms with Crippen molar-refractivity contribution < 1.29 is 27.5 Å². The first-order valence-electron chi connectivity index (χ1n) is 5.16. The van der Waals surface area contributed by atoms with Gasteiger partial charge < -0.3 is 4.74 Å². The number of benzene rings is 1. The Bertz CT molecular complexity index is 426. The van der Waals surface area contributed by atoms with Crippen LogP contribution < -0.4 is 10.2 Å². The van der Waals surface area contributed by atoms with Gasteiger partial charge in [-0.05, 0) is 0 Å². The summed E-state index contributed by atoms with van der Waals surface area (Å²) in [5.74, 6) is -4.31. The minimum atomic E-state index is -1.31. The third-order valence-corrected chi connectivity index (χ3v) is 1.82. The van der Waals surface area contributed by atoms with Gasteiger partial charge in [0.2, 0.25) is 11.7 Å². The molecule has 0 atom stereocenters. The lowest BCUT2D eigenvalue weighted by Crippen LogP contribution is -2.21. The van der Waals surface area contributed by atoms with Crippen molar-refractivity contribution in [2.45, 2.75) is 13.3 Å². The van der Waals surface area contributed by atoms with E-state index in [2.05, 4.69) is 10.3 Å². The molecular formula is C11H12F3NO3. The summed E-state index contributed by atoms with van der Waals surface area (Å²) in [5, 5.41) is 0. The highest BCUT2D eigenvalue weighted by Gasteiger charge is 2.11. The number of carbonyl (C=O) groups is 1. The molecule has 18 heavy (non-hydrogen) atoms. The third-order valence-electron chi connectivity index (χ3n) is 1.82. The maximum atomic E-state index is 13.1. The van der Waals surface area contributed by atoms with Crippen molar-refractivity contribution in [3.8, 4) is 5.75 Å². The fourth-order valence-electron chi connectivity index (χ4n) is 1.10. The second-order valence-corrected chi connectivity index (χ2v) is 3.41. The predicted molar refractivity (Wildman–Crippen MR) is 56.2 cm³/mol. The first kappa shape index (κ1) is 14.3. The average molecular weight is 263 g/mol. The van der Waals surface area contributed by atoms with E-state index in [0.29, 0.717) is 12.5 Å². The molecule has 0 aromatic heterocycles. The van der Waals surface area contributed by atoms with Crippen molar-refractivity contribution in [2.75, 3.05) is 13.2 Å². The molecule has 0 spiro atoms. The Labute approximate surface area is 102 Å². The van der Waals surface area contributed by atoms with Crippen LogP contribution in [0.3, 0.4) is 0 Å². The molecule has 0 fully saturated rings. The van der Waals surface area contributed by atoms with Crippen LogP contribution in [0.1, 0.15) is 13.3 Å². The van der Waals surface area contributed by atoms with Crippen LogP contribution in [0.4, 0.5) is 13.2 Å². The lowest BCUT2D eigenvalue weighted by Gasteiger charge is -2.08. The van der Waals surface area contributed by atoms with Gasteiger partial charge in [-0.2, -0.15) is 4.39 Å². The third kappa shape index (κ3) is 4.62. The van der Waals surface area contributed by atoms with Crippen LogP contribution in [0, 0.1) is 17.5 Å². The monoisotopic (exact) mass is 263 g/mol. The number of halogens is 3. The molecule has 1 aromatic rings. The van der Waals surface area contributed by atoms with E-state index in [-0.39, 0.29) is 19.1 Å². The van der Waals surface area contributed by atoms with Crippen molar-refractivity contribution in [1.82, 2.24) is 5.48 Å². The molecule has 100 valence electrons. The van der Waals surface area contributed by atoms with E-state index in [1.807, 2.05) is 0 Å². The molecule has 4 nitrogen and oxygen atoms in total. The number of hydrogen-bond acceptors (Lipinski definition) is 3. The van der Waals surface area contributed by atoms with Crippen LogP contribution >= 0.6 is 0 Å².